The Morgan fingerprint density at radius 3 is 2.62 bits per heavy atom. The molecule has 0 aromatic rings. The van der Waals surface area contributed by atoms with Crippen LogP contribution in [0.15, 0.2) is 0 Å². The third-order valence-corrected chi connectivity index (χ3v) is 4.57. The second kappa shape index (κ2) is 5.50. The molecule has 1 unspecified atom stereocenters. The first-order valence-electron chi connectivity index (χ1n) is 7.15. The van der Waals surface area contributed by atoms with Crippen LogP contribution < -0.4 is 5.73 Å². The van der Waals surface area contributed by atoms with E-state index in [4.69, 9.17) is 5.73 Å². The van der Waals surface area contributed by atoms with Gasteiger partial charge in [-0.3, -0.25) is 0 Å². The first-order chi connectivity index (χ1) is 7.68. The molecule has 0 aromatic carbocycles. The third-order valence-electron chi connectivity index (χ3n) is 4.57. The highest BCUT2D eigenvalue weighted by molar-refractivity contribution is 4.91. The molecule has 1 aliphatic heterocycles. The van der Waals surface area contributed by atoms with E-state index in [9.17, 15) is 0 Å². The van der Waals surface area contributed by atoms with Gasteiger partial charge in [-0.1, -0.05) is 32.1 Å². The van der Waals surface area contributed by atoms with E-state index in [1.54, 1.807) is 0 Å². The molecule has 2 N–H and O–H groups in total. The van der Waals surface area contributed by atoms with Gasteiger partial charge in [0.15, 0.2) is 0 Å². The molecule has 0 spiro atoms. The number of piperidine rings is 1. The van der Waals surface area contributed by atoms with E-state index in [-0.39, 0.29) is 5.54 Å². The Labute approximate surface area is 101 Å². The van der Waals surface area contributed by atoms with Crippen LogP contribution in [0.25, 0.3) is 0 Å². The standard InChI is InChI=1S/C14H28N2/c1-16-11-5-9-14(15,12-16)10-8-13-6-3-2-4-7-13/h13H,2-12,15H2,1H3. The van der Waals surface area contributed by atoms with Gasteiger partial charge in [0.05, 0.1) is 0 Å². The van der Waals surface area contributed by atoms with E-state index < -0.39 is 0 Å². The van der Waals surface area contributed by atoms with Gasteiger partial charge in [-0.15, -0.1) is 0 Å². The van der Waals surface area contributed by atoms with Crippen molar-refractivity contribution in [1.82, 2.24) is 4.90 Å². The highest BCUT2D eigenvalue weighted by Gasteiger charge is 2.30. The lowest BCUT2D eigenvalue weighted by molar-refractivity contribution is 0.158. The molecule has 16 heavy (non-hydrogen) atoms. The molecule has 2 fully saturated rings. The molecule has 94 valence electrons. The van der Waals surface area contributed by atoms with Crippen molar-refractivity contribution >= 4 is 0 Å². The second-order valence-corrected chi connectivity index (χ2v) is 6.25. The van der Waals surface area contributed by atoms with Crippen LogP contribution in [-0.2, 0) is 0 Å². The summed E-state index contributed by atoms with van der Waals surface area (Å²) in [6.45, 7) is 2.35. The van der Waals surface area contributed by atoms with Crippen molar-refractivity contribution < 1.29 is 0 Å². The smallest absolute Gasteiger partial charge is 0.0283 e. The zero-order chi connectivity index (χ0) is 11.4. The fourth-order valence-electron chi connectivity index (χ4n) is 3.57. The molecule has 0 aromatic heterocycles. The number of rotatable bonds is 3. The maximum absolute atomic E-state index is 6.52. The lowest BCUT2D eigenvalue weighted by Gasteiger charge is -2.39. The van der Waals surface area contributed by atoms with Crippen LogP contribution in [0, 0.1) is 5.92 Å². The molecule has 0 amide bonds. The van der Waals surface area contributed by atoms with Crippen molar-refractivity contribution in [1.29, 1.82) is 0 Å². The number of nitrogens with two attached hydrogens (primary N) is 1. The molecular weight excluding hydrogens is 196 g/mol. The van der Waals surface area contributed by atoms with Crippen LogP contribution in [0.1, 0.15) is 57.8 Å². The molecule has 2 aliphatic rings. The molecule has 1 atom stereocenters. The Morgan fingerprint density at radius 2 is 1.94 bits per heavy atom. The normalized spacial score (nSPS) is 34.1. The van der Waals surface area contributed by atoms with Crippen LogP contribution in [0.3, 0.4) is 0 Å². The van der Waals surface area contributed by atoms with E-state index in [0.717, 1.165) is 12.5 Å². The maximum atomic E-state index is 6.52. The quantitative estimate of drug-likeness (QED) is 0.798. The maximum Gasteiger partial charge on any atom is 0.0283 e. The zero-order valence-electron chi connectivity index (χ0n) is 10.9. The molecule has 2 nitrogen and oxygen atoms in total. The summed E-state index contributed by atoms with van der Waals surface area (Å²) in [5, 5.41) is 0. The summed E-state index contributed by atoms with van der Waals surface area (Å²) in [6, 6.07) is 0. The van der Waals surface area contributed by atoms with Gasteiger partial charge in [0.25, 0.3) is 0 Å². The van der Waals surface area contributed by atoms with Crippen LogP contribution in [0.5, 0.6) is 0 Å². The summed E-state index contributed by atoms with van der Waals surface area (Å²) >= 11 is 0. The molecule has 1 saturated carbocycles. The Kier molecular flexibility index (Phi) is 4.26. The first-order valence-corrected chi connectivity index (χ1v) is 7.15. The molecule has 2 heteroatoms. The van der Waals surface area contributed by atoms with Crippen molar-refractivity contribution in [3.63, 3.8) is 0 Å². The van der Waals surface area contributed by atoms with Crippen molar-refractivity contribution in [3.8, 4) is 0 Å². The van der Waals surface area contributed by atoms with Crippen LogP contribution in [0.2, 0.25) is 0 Å². The van der Waals surface area contributed by atoms with E-state index in [1.807, 2.05) is 0 Å². The van der Waals surface area contributed by atoms with Gasteiger partial charge in [-0.2, -0.15) is 0 Å². The number of likely N-dealkylation sites (tertiary alicyclic amines) is 1. The summed E-state index contributed by atoms with van der Waals surface area (Å²) < 4.78 is 0. The van der Waals surface area contributed by atoms with Crippen molar-refractivity contribution in [2.45, 2.75) is 63.3 Å². The predicted molar refractivity (Wildman–Crippen MR) is 69.5 cm³/mol. The van der Waals surface area contributed by atoms with Crippen molar-refractivity contribution in [2.24, 2.45) is 11.7 Å². The molecule has 1 aliphatic carbocycles. The fraction of sp³-hybridized carbons (Fsp3) is 1.00. The average molecular weight is 224 g/mol. The average Bonchev–Trinajstić information content (AvgIpc) is 2.28. The monoisotopic (exact) mass is 224 g/mol. The van der Waals surface area contributed by atoms with E-state index in [2.05, 4.69) is 11.9 Å². The van der Waals surface area contributed by atoms with Crippen molar-refractivity contribution in [2.75, 3.05) is 20.1 Å². The first kappa shape index (κ1) is 12.4. The largest absolute Gasteiger partial charge is 0.324 e. The number of hydrogen-bond acceptors (Lipinski definition) is 2. The summed E-state index contributed by atoms with van der Waals surface area (Å²) in [4.78, 5) is 2.41. The minimum atomic E-state index is 0.129. The zero-order valence-corrected chi connectivity index (χ0v) is 10.9. The lowest BCUT2D eigenvalue weighted by Crippen LogP contribution is -2.53. The number of hydrogen-bond donors (Lipinski definition) is 1. The Bertz CT molecular complexity index is 211. The van der Waals surface area contributed by atoms with Gasteiger partial charge in [0.1, 0.15) is 0 Å². The summed E-state index contributed by atoms with van der Waals surface area (Å²) in [7, 11) is 2.21. The van der Waals surface area contributed by atoms with E-state index in [0.29, 0.717) is 0 Å². The van der Waals surface area contributed by atoms with Gasteiger partial charge < -0.3 is 10.6 Å². The lowest BCUT2D eigenvalue weighted by atomic mass is 9.79. The van der Waals surface area contributed by atoms with Gasteiger partial charge in [0.2, 0.25) is 0 Å². The van der Waals surface area contributed by atoms with Crippen molar-refractivity contribution in [3.05, 3.63) is 0 Å². The Morgan fingerprint density at radius 1 is 1.19 bits per heavy atom. The minimum absolute atomic E-state index is 0.129. The summed E-state index contributed by atoms with van der Waals surface area (Å²) in [5.41, 5.74) is 6.65. The number of nitrogens with zero attached hydrogens (tertiary/aromatic N) is 1. The number of likely N-dealkylation sites (N-methyl/N-ethyl adjacent to an activating group) is 1. The van der Waals surface area contributed by atoms with Crippen LogP contribution >= 0.6 is 0 Å². The van der Waals surface area contributed by atoms with Crippen LogP contribution in [-0.4, -0.2) is 30.6 Å². The van der Waals surface area contributed by atoms with Gasteiger partial charge >= 0.3 is 0 Å². The minimum Gasteiger partial charge on any atom is -0.324 e. The highest BCUT2D eigenvalue weighted by atomic mass is 15.1. The summed E-state index contributed by atoms with van der Waals surface area (Å²) in [5.74, 6) is 0.987. The molecule has 1 heterocycles. The Balaban J connectivity index is 1.74. The molecule has 0 bridgehead atoms. The van der Waals surface area contributed by atoms with Gasteiger partial charge in [-0.05, 0) is 45.2 Å². The highest BCUT2D eigenvalue weighted by Crippen LogP contribution is 2.31. The topological polar surface area (TPSA) is 29.3 Å². The van der Waals surface area contributed by atoms with Crippen LogP contribution in [0.4, 0.5) is 0 Å². The molecular formula is C14H28N2. The van der Waals surface area contributed by atoms with E-state index >= 15 is 0 Å². The molecule has 2 rings (SSSR count). The van der Waals surface area contributed by atoms with Gasteiger partial charge in [0, 0.05) is 12.1 Å². The second-order valence-electron chi connectivity index (χ2n) is 6.25. The molecule has 0 radical (unpaired) electrons. The third kappa shape index (κ3) is 3.46. The SMILES string of the molecule is CN1CCCC(N)(CCC2CCCCC2)C1. The van der Waals surface area contributed by atoms with Gasteiger partial charge in [-0.25, -0.2) is 0 Å². The fourth-order valence-corrected chi connectivity index (χ4v) is 3.57. The molecule has 1 saturated heterocycles. The summed E-state index contributed by atoms with van der Waals surface area (Å²) in [6.07, 6.45) is 12.5. The predicted octanol–water partition coefficient (Wildman–Crippen LogP) is 2.77. The Hall–Kier alpha value is -0.0800. The van der Waals surface area contributed by atoms with E-state index in [1.165, 1.54) is 64.3 Å².